The third-order valence-corrected chi connectivity index (χ3v) is 3.73. The molecule has 0 aliphatic rings. The lowest BCUT2D eigenvalue weighted by Crippen LogP contribution is -1.78. The second-order valence-corrected chi connectivity index (χ2v) is 4.48. The van der Waals surface area contributed by atoms with Gasteiger partial charge in [-0.15, -0.1) is 11.3 Å². The average Bonchev–Trinajstić information content (AvgIpc) is 2.55. The summed E-state index contributed by atoms with van der Waals surface area (Å²) in [5, 5.41) is 1.22. The van der Waals surface area contributed by atoms with Crippen LogP contribution in [-0.4, -0.2) is 6.29 Å². The minimum atomic E-state index is 0.855. The summed E-state index contributed by atoms with van der Waals surface area (Å²) in [6, 6.07) is 6.43. The van der Waals surface area contributed by atoms with Crippen LogP contribution in [0.1, 0.15) is 27.7 Å². The number of hydrogen-bond donors (Lipinski definition) is 0. The van der Waals surface area contributed by atoms with E-state index in [9.17, 15) is 4.79 Å². The van der Waals surface area contributed by atoms with Crippen molar-refractivity contribution in [2.24, 2.45) is 0 Å². The van der Waals surface area contributed by atoms with Gasteiger partial charge in [0.15, 0.2) is 6.29 Å². The molecular weight excluding hydrogens is 192 g/mol. The lowest BCUT2D eigenvalue weighted by atomic mass is 10.1. The Morgan fingerprint density at radius 3 is 2.86 bits per heavy atom. The molecule has 2 rings (SSSR count). The van der Waals surface area contributed by atoms with Crippen molar-refractivity contribution >= 4 is 27.7 Å². The SMILES string of the molecule is CCc1ccc2c(C)c(C=O)sc2c1. The van der Waals surface area contributed by atoms with Crippen LogP contribution < -0.4 is 0 Å². The molecule has 1 aromatic heterocycles. The largest absolute Gasteiger partial charge is 0.297 e. The number of carbonyl (C=O) groups excluding carboxylic acids is 1. The fourth-order valence-electron chi connectivity index (χ4n) is 1.62. The Morgan fingerprint density at radius 2 is 2.21 bits per heavy atom. The summed E-state index contributed by atoms with van der Waals surface area (Å²) in [5.41, 5.74) is 2.44. The number of rotatable bonds is 2. The molecule has 1 aromatic carbocycles. The predicted molar refractivity (Wildman–Crippen MR) is 61.3 cm³/mol. The van der Waals surface area contributed by atoms with Gasteiger partial charge >= 0.3 is 0 Å². The van der Waals surface area contributed by atoms with E-state index in [0.29, 0.717) is 0 Å². The first-order chi connectivity index (χ1) is 6.76. The van der Waals surface area contributed by atoms with Crippen LogP contribution in [0.25, 0.3) is 10.1 Å². The zero-order valence-electron chi connectivity index (χ0n) is 8.33. The fraction of sp³-hybridized carbons (Fsp3) is 0.250. The molecule has 0 spiro atoms. The predicted octanol–water partition coefficient (Wildman–Crippen LogP) is 3.58. The summed E-state index contributed by atoms with van der Waals surface area (Å²) >= 11 is 1.59. The number of aldehydes is 1. The smallest absolute Gasteiger partial charge is 0.160 e. The van der Waals surface area contributed by atoms with Crippen LogP contribution >= 0.6 is 11.3 Å². The molecule has 2 aromatic rings. The van der Waals surface area contributed by atoms with Crippen molar-refractivity contribution in [1.29, 1.82) is 0 Å². The molecule has 0 N–H and O–H groups in total. The van der Waals surface area contributed by atoms with Crippen molar-refractivity contribution in [3.63, 3.8) is 0 Å². The molecule has 0 fully saturated rings. The van der Waals surface area contributed by atoms with Gasteiger partial charge in [0, 0.05) is 4.70 Å². The quantitative estimate of drug-likeness (QED) is 0.683. The molecule has 0 saturated carbocycles. The van der Waals surface area contributed by atoms with E-state index in [-0.39, 0.29) is 0 Å². The molecule has 0 aliphatic carbocycles. The molecule has 0 aliphatic heterocycles. The average molecular weight is 204 g/mol. The summed E-state index contributed by atoms with van der Waals surface area (Å²) < 4.78 is 1.23. The van der Waals surface area contributed by atoms with Gasteiger partial charge in [-0.3, -0.25) is 4.79 Å². The van der Waals surface area contributed by atoms with Crippen molar-refractivity contribution < 1.29 is 4.79 Å². The summed E-state index contributed by atoms with van der Waals surface area (Å²) in [6.07, 6.45) is 1.99. The van der Waals surface area contributed by atoms with Crippen LogP contribution in [0.4, 0.5) is 0 Å². The summed E-state index contributed by atoms with van der Waals surface area (Å²) in [5.74, 6) is 0. The van der Waals surface area contributed by atoms with Crippen molar-refractivity contribution in [3.8, 4) is 0 Å². The van der Waals surface area contributed by atoms with Gasteiger partial charge in [-0.05, 0) is 35.9 Å². The molecule has 14 heavy (non-hydrogen) atoms. The van der Waals surface area contributed by atoms with Crippen LogP contribution in [-0.2, 0) is 6.42 Å². The monoisotopic (exact) mass is 204 g/mol. The molecule has 1 heterocycles. The molecule has 0 atom stereocenters. The Balaban J connectivity index is 2.72. The second-order valence-electron chi connectivity index (χ2n) is 3.39. The minimum absolute atomic E-state index is 0.855. The molecule has 0 amide bonds. The zero-order valence-corrected chi connectivity index (χ0v) is 9.15. The van der Waals surface area contributed by atoms with Gasteiger partial charge < -0.3 is 0 Å². The molecule has 0 bridgehead atoms. The van der Waals surface area contributed by atoms with Gasteiger partial charge in [-0.2, -0.15) is 0 Å². The zero-order chi connectivity index (χ0) is 10.1. The van der Waals surface area contributed by atoms with Gasteiger partial charge in [0.2, 0.25) is 0 Å². The van der Waals surface area contributed by atoms with Gasteiger partial charge in [0.05, 0.1) is 4.88 Å². The van der Waals surface area contributed by atoms with Gasteiger partial charge in [-0.1, -0.05) is 19.1 Å². The first-order valence-electron chi connectivity index (χ1n) is 4.73. The molecule has 0 unspecified atom stereocenters. The van der Waals surface area contributed by atoms with E-state index < -0.39 is 0 Å². The maximum absolute atomic E-state index is 10.8. The van der Waals surface area contributed by atoms with E-state index in [0.717, 1.165) is 23.1 Å². The number of fused-ring (bicyclic) bond motifs is 1. The van der Waals surface area contributed by atoms with E-state index in [1.165, 1.54) is 15.6 Å². The lowest BCUT2D eigenvalue weighted by Gasteiger charge is -1.96. The molecule has 0 radical (unpaired) electrons. The number of benzene rings is 1. The standard InChI is InChI=1S/C12H12OS/c1-3-9-4-5-10-8(2)12(7-13)14-11(10)6-9/h4-7H,3H2,1-2H3. The lowest BCUT2D eigenvalue weighted by molar-refractivity contribution is 0.112. The highest BCUT2D eigenvalue weighted by Gasteiger charge is 2.07. The molecule has 72 valence electrons. The Kier molecular flexibility index (Phi) is 2.38. The topological polar surface area (TPSA) is 17.1 Å². The maximum atomic E-state index is 10.8. The third kappa shape index (κ3) is 1.36. The first kappa shape index (κ1) is 9.41. The molecular formula is C12H12OS. The van der Waals surface area contributed by atoms with Crippen molar-refractivity contribution in [2.45, 2.75) is 20.3 Å². The van der Waals surface area contributed by atoms with Crippen molar-refractivity contribution in [3.05, 3.63) is 34.2 Å². The van der Waals surface area contributed by atoms with Crippen molar-refractivity contribution in [1.82, 2.24) is 0 Å². The highest BCUT2D eigenvalue weighted by Crippen LogP contribution is 2.30. The first-order valence-corrected chi connectivity index (χ1v) is 5.55. The summed E-state index contributed by atoms with van der Waals surface area (Å²) in [7, 11) is 0. The van der Waals surface area contributed by atoms with Gasteiger partial charge in [0.25, 0.3) is 0 Å². The molecule has 0 saturated heterocycles. The van der Waals surface area contributed by atoms with Crippen LogP contribution in [0.5, 0.6) is 0 Å². The fourth-order valence-corrected chi connectivity index (χ4v) is 2.71. The molecule has 2 heteroatoms. The van der Waals surface area contributed by atoms with E-state index in [1.807, 2.05) is 6.92 Å². The number of aryl methyl sites for hydroxylation is 2. The summed E-state index contributed by atoms with van der Waals surface area (Å²) in [4.78, 5) is 11.6. The Morgan fingerprint density at radius 1 is 1.43 bits per heavy atom. The Labute approximate surface area is 87.4 Å². The number of thiophene rings is 1. The normalized spacial score (nSPS) is 10.7. The highest BCUT2D eigenvalue weighted by molar-refractivity contribution is 7.20. The van der Waals surface area contributed by atoms with E-state index in [4.69, 9.17) is 0 Å². The van der Waals surface area contributed by atoms with Crippen LogP contribution in [0, 0.1) is 6.92 Å². The van der Waals surface area contributed by atoms with Gasteiger partial charge in [-0.25, -0.2) is 0 Å². The van der Waals surface area contributed by atoms with Crippen LogP contribution in [0.15, 0.2) is 18.2 Å². The molecule has 1 nitrogen and oxygen atoms in total. The number of carbonyl (C=O) groups is 1. The third-order valence-electron chi connectivity index (χ3n) is 2.55. The van der Waals surface area contributed by atoms with Crippen LogP contribution in [0.3, 0.4) is 0 Å². The minimum Gasteiger partial charge on any atom is -0.297 e. The van der Waals surface area contributed by atoms with Gasteiger partial charge in [0.1, 0.15) is 0 Å². The van der Waals surface area contributed by atoms with E-state index in [2.05, 4.69) is 25.1 Å². The Hall–Kier alpha value is -1.15. The van der Waals surface area contributed by atoms with Crippen LogP contribution in [0.2, 0.25) is 0 Å². The van der Waals surface area contributed by atoms with E-state index in [1.54, 1.807) is 11.3 Å². The maximum Gasteiger partial charge on any atom is 0.160 e. The second kappa shape index (κ2) is 3.54. The summed E-state index contributed by atoms with van der Waals surface area (Å²) in [6.45, 7) is 4.15. The number of hydrogen-bond acceptors (Lipinski definition) is 2. The highest BCUT2D eigenvalue weighted by atomic mass is 32.1. The van der Waals surface area contributed by atoms with Crippen molar-refractivity contribution in [2.75, 3.05) is 0 Å². The van der Waals surface area contributed by atoms with E-state index >= 15 is 0 Å². The Bertz CT molecular complexity index is 482.